The smallest absolute Gasteiger partial charge is 0.0775 e. The van der Waals surface area contributed by atoms with Crippen molar-refractivity contribution in [1.29, 1.82) is 0 Å². The first-order valence-electron chi connectivity index (χ1n) is 25.2. The highest BCUT2D eigenvalue weighted by atomic mass is 28.3. The van der Waals surface area contributed by atoms with Crippen molar-refractivity contribution in [2.45, 2.75) is 58.9 Å². The Morgan fingerprint density at radius 3 is 0.611 bits per heavy atom. The number of rotatable bonds is 12. The Hall–Kier alpha value is -7.36. The molecule has 0 fully saturated rings. The summed E-state index contributed by atoms with van der Waals surface area (Å²) in [6.45, 7) is 21.6. The SMILES string of the molecule is C[Si](C)(C)c1ccc(-c2cc(-c3ccccc3)cc(-c3cc(-c4cc(-c5ccccc5)cc(-c5ccc([Si](C)(C)C)cc5)n4)cc(-c4cc(-c5ccccc5)cc(-c5ccc([Si](C)(C)C)cc5)n4)c3)n2)cc1. The van der Waals surface area contributed by atoms with Crippen LogP contribution in [-0.2, 0) is 0 Å². The third kappa shape index (κ3) is 10.8. The van der Waals surface area contributed by atoms with Crippen LogP contribution in [0.3, 0.4) is 0 Å². The van der Waals surface area contributed by atoms with Crippen LogP contribution in [0.4, 0.5) is 0 Å². The minimum atomic E-state index is -1.51. The highest BCUT2D eigenvalue weighted by molar-refractivity contribution is 6.89. The molecule has 354 valence electrons. The maximum Gasteiger partial charge on any atom is 0.0775 e. The van der Waals surface area contributed by atoms with E-state index < -0.39 is 24.2 Å². The van der Waals surface area contributed by atoms with Crippen molar-refractivity contribution in [2.75, 3.05) is 0 Å². The zero-order valence-electron chi connectivity index (χ0n) is 43.1. The molecule has 0 amide bonds. The number of hydrogen-bond donors (Lipinski definition) is 0. The molecule has 0 N–H and O–H groups in total. The normalized spacial score (nSPS) is 12.0. The van der Waals surface area contributed by atoms with Crippen LogP contribution in [-0.4, -0.2) is 39.2 Å². The molecule has 3 heterocycles. The van der Waals surface area contributed by atoms with Gasteiger partial charge in [0.05, 0.1) is 58.4 Å². The molecule has 0 saturated heterocycles. The van der Waals surface area contributed by atoms with Gasteiger partial charge in [0.2, 0.25) is 0 Å². The second kappa shape index (κ2) is 19.7. The summed E-state index contributed by atoms with van der Waals surface area (Å²) in [5.41, 5.74) is 18.4. The second-order valence-corrected chi connectivity index (χ2v) is 37.5. The van der Waals surface area contributed by atoms with E-state index in [0.29, 0.717) is 0 Å². The minimum Gasteiger partial charge on any atom is -0.248 e. The Morgan fingerprint density at radius 2 is 0.403 bits per heavy atom. The van der Waals surface area contributed by atoms with Crippen LogP contribution < -0.4 is 15.6 Å². The first-order valence-corrected chi connectivity index (χ1v) is 35.7. The van der Waals surface area contributed by atoms with Crippen molar-refractivity contribution in [3.8, 4) is 101 Å². The van der Waals surface area contributed by atoms with Gasteiger partial charge in [0, 0.05) is 33.4 Å². The molecule has 0 atom stereocenters. The summed E-state index contributed by atoms with van der Waals surface area (Å²) in [6, 6.07) is 79.7. The number of pyridine rings is 3. The topological polar surface area (TPSA) is 38.7 Å². The fraction of sp³-hybridized carbons (Fsp3) is 0.136. The molecule has 0 aliphatic heterocycles. The molecule has 0 aliphatic carbocycles. The summed E-state index contributed by atoms with van der Waals surface area (Å²) in [6.07, 6.45) is 0. The van der Waals surface area contributed by atoms with Crippen LogP contribution in [0.1, 0.15) is 0 Å². The quantitative estimate of drug-likeness (QED) is 0.115. The minimum absolute atomic E-state index is 0.881. The van der Waals surface area contributed by atoms with E-state index in [4.69, 9.17) is 15.0 Å². The molecule has 6 heteroatoms. The molecular formula is C66H63N3Si3. The number of aromatic nitrogens is 3. The zero-order chi connectivity index (χ0) is 50.2. The largest absolute Gasteiger partial charge is 0.248 e. The van der Waals surface area contributed by atoms with Gasteiger partial charge in [0.25, 0.3) is 0 Å². The first-order chi connectivity index (χ1) is 34.5. The Balaban J connectivity index is 1.23. The number of nitrogens with zero attached hydrogens (tertiary/aromatic N) is 3. The molecule has 3 nitrogen and oxygen atoms in total. The summed E-state index contributed by atoms with van der Waals surface area (Å²) >= 11 is 0. The van der Waals surface area contributed by atoms with Gasteiger partial charge in [-0.3, -0.25) is 0 Å². The van der Waals surface area contributed by atoms with E-state index in [2.05, 4.69) is 277 Å². The average molecular weight is 983 g/mol. The fourth-order valence-electron chi connectivity index (χ4n) is 9.37. The van der Waals surface area contributed by atoms with E-state index in [1.54, 1.807) is 0 Å². The summed E-state index contributed by atoms with van der Waals surface area (Å²) in [5, 5.41) is 4.28. The van der Waals surface area contributed by atoms with E-state index >= 15 is 0 Å². The van der Waals surface area contributed by atoms with E-state index in [9.17, 15) is 0 Å². The van der Waals surface area contributed by atoms with Crippen LogP contribution >= 0.6 is 0 Å². The van der Waals surface area contributed by atoms with Gasteiger partial charge in [-0.05, 0) is 88.0 Å². The van der Waals surface area contributed by atoms with Crippen molar-refractivity contribution in [2.24, 2.45) is 0 Å². The van der Waals surface area contributed by atoms with E-state index in [1.165, 1.54) is 15.6 Å². The van der Waals surface area contributed by atoms with Crippen molar-refractivity contribution in [3.05, 3.63) is 218 Å². The fourth-order valence-corrected chi connectivity index (χ4v) is 12.9. The van der Waals surface area contributed by atoms with E-state index in [-0.39, 0.29) is 0 Å². The third-order valence-corrected chi connectivity index (χ3v) is 20.0. The lowest BCUT2D eigenvalue weighted by Gasteiger charge is -2.18. The second-order valence-electron chi connectivity index (χ2n) is 22.3. The Kier molecular flexibility index (Phi) is 13.2. The first kappa shape index (κ1) is 48.3. The number of benzene rings is 7. The molecule has 0 saturated carbocycles. The highest BCUT2D eigenvalue weighted by Gasteiger charge is 2.21. The van der Waals surface area contributed by atoms with Crippen molar-refractivity contribution in [3.63, 3.8) is 0 Å². The maximum absolute atomic E-state index is 5.55. The van der Waals surface area contributed by atoms with Crippen LogP contribution in [0, 0.1) is 0 Å². The standard InChI is InChI=1S/C66H63N3Si3/c1-70(2,3)58-31-25-49(26-32-58)61-40-52(46-19-13-10-14-20-46)43-64(67-61)55-37-56(65-44-53(47-21-15-11-16-22-47)41-62(68-65)50-27-33-59(34-28-50)71(4,5)6)39-57(38-55)66-45-54(48-23-17-12-18-24-48)42-63(69-66)51-29-35-60(36-30-51)72(7,8)9/h10-45H,1-9H3. The molecule has 10 aromatic rings. The monoisotopic (exact) mass is 981 g/mol. The zero-order valence-corrected chi connectivity index (χ0v) is 46.1. The molecule has 0 radical (unpaired) electrons. The molecule has 3 aromatic heterocycles. The van der Waals surface area contributed by atoms with Gasteiger partial charge < -0.3 is 0 Å². The molecule has 0 unspecified atom stereocenters. The van der Waals surface area contributed by atoms with Gasteiger partial charge in [0.1, 0.15) is 0 Å². The average Bonchev–Trinajstić information content (AvgIpc) is 3.40. The molecule has 7 aromatic carbocycles. The Labute approximate surface area is 430 Å². The molecule has 0 bridgehead atoms. The predicted octanol–water partition coefficient (Wildman–Crippen LogP) is 16.5. The van der Waals surface area contributed by atoms with Gasteiger partial charge in [-0.2, -0.15) is 0 Å². The third-order valence-electron chi connectivity index (χ3n) is 13.8. The van der Waals surface area contributed by atoms with Gasteiger partial charge >= 0.3 is 0 Å². The van der Waals surface area contributed by atoms with Crippen LogP contribution in [0.2, 0.25) is 58.9 Å². The Morgan fingerprint density at radius 1 is 0.194 bits per heavy atom. The van der Waals surface area contributed by atoms with Gasteiger partial charge in [-0.25, -0.2) is 15.0 Å². The van der Waals surface area contributed by atoms with Crippen molar-refractivity contribution < 1.29 is 0 Å². The lowest BCUT2D eigenvalue weighted by atomic mass is 9.94. The molecule has 0 aliphatic rings. The van der Waals surface area contributed by atoms with Crippen molar-refractivity contribution >= 4 is 39.8 Å². The number of hydrogen-bond acceptors (Lipinski definition) is 3. The highest BCUT2D eigenvalue weighted by Crippen LogP contribution is 2.39. The van der Waals surface area contributed by atoms with Crippen molar-refractivity contribution in [1.82, 2.24) is 15.0 Å². The van der Waals surface area contributed by atoms with Gasteiger partial charge in [-0.1, -0.05) is 238 Å². The molecule has 0 spiro atoms. The van der Waals surface area contributed by atoms with Crippen LogP contribution in [0.15, 0.2) is 218 Å². The van der Waals surface area contributed by atoms with E-state index in [0.717, 1.165) is 101 Å². The maximum atomic E-state index is 5.55. The predicted molar refractivity (Wildman–Crippen MR) is 318 cm³/mol. The summed E-state index contributed by atoms with van der Waals surface area (Å²) in [4.78, 5) is 16.7. The van der Waals surface area contributed by atoms with Gasteiger partial charge in [0.15, 0.2) is 0 Å². The summed E-state index contributed by atoms with van der Waals surface area (Å²) in [5.74, 6) is 0. The summed E-state index contributed by atoms with van der Waals surface area (Å²) in [7, 11) is -4.54. The lowest BCUT2D eigenvalue weighted by molar-refractivity contribution is 1.30. The molecule has 10 rings (SSSR count). The molecule has 72 heavy (non-hydrogen) atoms. The molecular weight excluding hydrogens is 919 g/mol. The van der Waals surface area contributed by atoms with E-state index in [1.807, 2.05) is 0 Å². The lowest BCUT2D eigenvalue weighted by Crippen LogP contribution is -2.37. The van der Waals surface area contributed by atoms with Crippen LogP contribution in [0.5, 0.6) is 0 Å². The van der Waals surface area contributed by atoms with Crippen LogP contribution in [0.25, 0.3) is 101 Å². The summed E-state index contributed by atoms with van der Waals surface area (Å²) < 4.78 is 0. The van der Waals surface area contributed by atoms with Gasteiger partial charge in [-0.15, -0.1) is 0 Å². The Bertz CT molecular complexity index is 3130.